The van der Waals surface area contributed by atoms with Crippen LogP contribution in [0.25, 0.3) is 11.0 Å². The van der Waals surface area contributed by atoms with Crippen LogP contribution in [0, 0.1) is 0 Å². The third kappa shape index (κ3) is 2.48. The second-order valence-corrected chi connectivity index (χ2v) is 4.83. The first-order valence-electron chi connectivity index (χ1n) is 7.07. The first-order chi connectivity index (χ1) is 10.7. The molecule has 0 spiro atoms. The standard InChI is InChI=1S/C17H15N3O2/c1-2-15(21)20-14-11-7-6-10-13(14)19-16(20)17(22)18-12-8-4-3-5-9-12/h3-11H,2H2,1H3,(H,18,22). The zero-order valence-corrected chi connectivity index (χ0v) is 12.1. The van der Waals surface area contributed by atoms with E-state index in [4.69, 9.17) is 0 Å². The molecular weight excluding hydrogens is 278 g/mol. The highest BCUT2D eigenvalue weighted by molar-refractivity contribution is 6.07. The number of fused-ring (bicyclic) bond motifs is 1. The number of anilines is 1. The summed E-state index contributed by atoms with van der Waals surface area (Å²) in [5.74, 6) is -0.451. The Morgan fingerprint density at radius 1 is 1.05 bits per heavy atom. The first kappa shape index (κ1) is 14.0. The summed E-state index contributed by atoms with van der Waals surface area (Å²) in [6.07, 6.45) is 0.298. The van der Waals surface area contributed by atoms with E-state index in [0.717, 1.165) is 0 Å². The second kappa shape index (κ2) is 5.81. The third-order valence-corrected chi connectivity index (χ3v) is 3.35. The molecule has 0 saturated heterocycles. The molecule has 0 atom stereocenters. The molecule has 3 aromatic rings. The van der Waals surface area contributed by atoms with E-state index in [1.807, 2.05) is 30.3 Å². The van der Waals surface area contributed by atoms with Gasteiger partial charge in [0.15, 0.2) is 0 Å². The van der Waals surface area contributed by atoms with Crippen molar-refractivity contribution in [3.63, 3.8) is 0 Å². The van der Waals surface area contributed by atoms with E-state index < -0.39 is 5.91 Å². The molecule has 0 aliphatic heterocycles. The van der Waals surface area contributed by atoms with Crippen LogP contribution in [0.1, 0.15) is 28.8 Å². The van der Waals surface area contributed by atoms with Crippen molar-refractivity contribution in [1.29, 1.82) is 0 Å². The van der Waals surface area contributed by atoms with E-state index in [9.17, 15) is 9.59 Å². The van der Waals surface area contributed by atoms with E-state index in [1.54, 1.807) is 31.2 Å². The topological polar surface area (TPSA) is 64.0 Å². The van der Waals surface area contributed by atoms with Gasteiger partial charge >= 0.3 is 0 Å². The highest BCUT2D eigenvalue weighted by Crippen LogP contribution is 2.18. The van der Waals surface area contributed by atoms with Crippen LogP contribution in [0.15, 0.2) is 54.6 Å². The Labute approximate surface area is 127 Å². The van der Waals surface area contributed by atoms with Crippen LogP contribution in [-0.4, -0.2) is 21.4 Å². The van der Waals surface area contributed by atoms with Gasteiger partial charge in [0.05, 0.1) is 11.0 Å². The van der Waals surface area contributed by atoms with E-state index in [2.05, 4.69) is 10.3 Å². The van der Waals surface area contributed by atoms with Crippen molar-refractivity contribution in [2.45, 2.75) is 13.3 Å². The Kier molecular flexibility index (Phi) is 3.70. The van der Waals surface area contributed by atoms with Crippen LogP contribution in [0.4, 0.5) is 5.69 Å². The number of imidazole rings is 1. The van der Waals surface area contributed by atoms with Crippen LogP contribution in [0.5, 0.6) is 0 Å². The van der Waals surface area contributed by atoms with Gasteiger partial charge < -0.3 is 5.32 Å². The summed E-state index contributed by atoms with van der Waals surface area (Å²) in [5.41, 5.74) is 1.94. The lowest BCUT2D eigenvalue weighted by Gasteiger charge is -2.07. The van der Waals surface area contributed by atoms with Gasteiger partial charge in [-0.2, -0.15) is 0 Å². The predicted octanol–water partition coefficient (Wildman–Crippen LogP) is 3.34. The van der Waals surface area contributed by atoms with Gasteiger partial charge in [-0.25, -0.2) is 4.98 Å². The fourth-order valence-electron chi connectivity index (χ4n) is 2.30. The Morgan fingerprint density at radius 3 is 2.45 bits per heavy atom. The number of benzene rings is 2. The van der Waals surface area contributed by atoms with Crippen LogP contribution < -0.4 is 5.32 Å². The van der Waals surface area contributed by atoms with Crippen molar-refractivity contribution in [2.75, 3.05) is 5.32 Å². The number of nitrogens with one attached hydrogen (secondary N) is 1. The smallest absolute Gasteiger partial charge is 0.292 e. The predicted molar refractivity (Wildman–Crippen MR) is 85.0 cm³/mol. The highest BCUT2D eigenvalue weighted by atomic mass is 16.2. The lowest BCUT2D eigenvalue weighted by molar-refractivity contribution is 0.0890. The van der Waals surface area contributed by atoms with Gasteiger partial charge in [0, 0.05) is 12.1 Å². The molecule has 1 N–H and O–H groups in total. The molecule has 0 saturated carbocycles. The first-order valence-corrected chi connectivity index (χ1v) is 7.07. The minimum atomic E-state index is -0.399. The Hall–Kier alpha value is -2.95. The highest BCUT2D eigenvalue weighted by Gasteiger charge is 2.21. The van der Waals surface area contributed by atoms with Gasteiger partial charge in [-0.15, -0.1) is 0 Å². The van der Waals surface area contributed by atoms with E-state index in [1.165, 1.54) is 4.57 Å². The average molecular weight is 293 g/mol. The van der Waals surface area contributed by atoms with E-state index in [0.29, 0.717) is 23.1 Å². The number of hydrogen-bond donors (Lipinski definition) is 1. The van der Waals surface area contributed by atoms with Gasteiger partial charge in [-0.05, 0) is 24.3 Å². The minimum absolute atomic E-state index is 0.108. The van der Waals surface area contributed by atoms with E-state index >= 15 is 0 Å². The molecule has 5 heteroatoms. The van der Waals surface area contributed by atoms with Crippen molar-refractivity contribution in [2.24, 2.45) is 0 Å². The molecule has 0 fully saturated rings. The van der Waals surface area contributed by atoms with Crippen molar-refractivity contribution in [3.8, 4) is 0 Å². The molecule has 0 aliphatic rings. The van der Waals surface area contributed by atoms with Crippen LogP contribution in [-0.2, 0) is 0 Å². The molecule has 0 aliphatic carbocycles. The maximum absolute atomic E-state index is 12.5. The summed E-state index contributed by atoms with van der Waals surface area (Å²) in [6, 6.07) is 16.3. The van der Waals surface area contributed by atoms with Gasteiger partial charge in [0.2, 0.25) is 11.7 Å². The number of nitrogens with zero attached hydrogens (tertiary/aromatic N) is 2. The number of rotatable bonds is 3. The maximum Gasteiger partial charge on any atom is 0.292 e. The molecule has 0 radical (unpaired) electrons. The molecule has 0 unspecified atom stereocenters. The SMILES string of the molecule is CCC(=O)n1c(C(=O)Nc2ccccc2)nc2ccccc21. The fourth-order valence-corrected chi connectivity index (χ4v) is 2.30. The Balaban J connectivity index is 2.06. The van der Waals surface area contributed by atoms with Crippen molar-refractivity contribution >= 4 is 28.5 Å². The quantitative estimate of drug-likeness (QED) is 0.805. The number of carbonyl (C=O) groups excluding carboxylic acids is 2. The second-order valence-electron chi connectivity index (χ2n) is 4.83. The number of carbonyl (C=O) groups is 2. The average Bonchev–Trinajstić information content (AvgIpc) is 2.94. The molecule has 22 heavy (non-hydrogen) atoms. The summed E-state index contributed by atoms with van der Waals surface area (Å²) >= 11 is 0. The molecule has 1 amide bonds. The Morgan fingerprint density at radius 2 is 1.73 bits per heavy atom. The molecule has 110 valence electrons. The van der Waals surface area contributed by atoms with Crippen molar-refractivity contribution < 1.29 is 9.59 Å². The van der Waals surface area contributed by atoms with E-state index in [-0.39, 0.29) is 11.7 Å². The molecular formula is C17H15N3O2. The van der Waals surface area contributed by atoms with Crippen LogP contribution in [0.3, 0.4) is 0 Å². The summed E-state index contributed by atoms with van der Waals surface area (Å²) in [6.45, 7) is 1.76. The number of para-hydroxylation sites is 3. The lowest BCUT2D eigenvalue weighted by Crippen LogP contribution is -2.22. The van der Waals surface area contributed by atoms with Crippen molar-refractivity contribution in [3.05, 3.63) is 60.4 Å². The molecule has 0 bridgehead atoms. The Bertz CT molecular complexity index is 837. The van der Waals surface area contributed by atoms with Gasteiger partial charge in [0.1, 0.15) is 0 Å². The van der Waals surface area contributed by atoms with Gasteiger partial charge in [-0.1, -0.05) is 37.3 Å². The summed E-state index contributed by atoms with van der Waals surface area (Å²) < 4.78 is 1.38. The van der Waals surface area contributed by atoms with Gasteiger partial charge in [0.25, 0.3) is 5.91 Å². The number of amides is 1. The van der Waals surface area contributed by atoms with Crippen LogP contribution >= 0.6 is 0 Å². The monoisotopic (exact) mass is 293 g/mol. The number of hydrogen-bond acceptors (Lipinski definition) is 3. The molecule has 5 nitrogen and oxygen atoms in total. The molecule has 1 aromatic heterocycles. The molecule has 1 heterocycles. The maximum atomic E-state index is 12.5. The lowest BCUT2D eigenvalue weighted by atomic mass is 10.3. The number of aromatic nitrogens is 2. The zero-order chi connectivity index (χ0) is 15.5. The third-order valence-electron chi connectivity index (χ3n) is 3.35. The molecule has 3 rings (SSSR count). The largest absolute Gasteiger partial charge is 0.319 e. The van der Waals surface area contributed by atoms with Gasteiger partial charge in [-0.3, -0.25) is 14.2 Å². The van der Waals surface area contributed by atoms with Crippen molar-refractivity contribution in [1.82, 2.24) is 9.55 Å². The normalized spacial score (nSPS) is 10.6. The summed E-state index contributed by atoms with van der Waals surface area (Å²) in [5, 5.41) is 2.76. The molecule has 2 aromatic carbocycles. The van der Waals surface area contributed by atoms with Crippen LogP contribution in [0.2, 0.25) is 0 Å². The zero-order valence-electron chi connectivity index (χ0n) is 12.1. The summed E-state index contributed by atoms with van der Waals surface area (Å²) in [7, 11) is 0. The summed E-state index contributed by atoms with van der Waals surface area (Å²) in [4.78, 5) is 29.0. The fraction of sp³-hybridized carbons (Fsp3) is 0.118. The minimum Gasteiger partial charge on any atom is -0.319 e.